The summed E-state index contributed by atoms with van der Waals surface area (Å²) in [5, 5.41) is 18.1. The Bertz CT molecular complexity index is 372. The van der Waals surface area contributed by atoms with Gasteiger partial charge >= 0.3 is 0 Å². The van der Waals surface area contributed by atoms with Crippen LogP contribution in [0.5, 0.6) is 0 Å². The molecule has 104 valence electrons. The van der Waals surface area contributed by atoms with E-state index in [9.17, 15) is 5.11 Å². The first-order valence-electron chi connectivity index (χ1n) is 6.93. The summed E-state index contributed by atoms with van der Waals surface area (Å²) in [6.45, 7) is 2.19. The van der Waals surface area contributed by atoms with Crippen molar-refractivity contribution in [1.82, 2.24) is 0 Å². The van der Waals surface area contributed by atoms with Crippen LogP contribution < -0.4 is 0 Å². The predicted molar refractivity (Wildman–Crippen MR) is 80.3 cm³/mol. The van der Waals surface area contributed by atoms with Gasteiger partial charge in [0.25, 0.3) is 0 Å². The molecule has 0 amide bonds. The van der Waals surface area contributed by atoms with Crippen LogP contribution in [0.1, 0.15) is 45.4 Å². The summed E-state index contributed by atoms with van der Waals surface area (Å²) in [4.78, 5) is 0. The van der Waals surface area contributed by atoms with Crippen molar-refractivity contribution in [2.45, 2.75) is 51.6 Å². The first kappa shape index (κ1) is 17.5. The second kappa shape index (κ2) is 14.6. The molecular formula is C17H24O2. The molecule has 2 heteroatoms. The van der Waals surface area contributed by atoms with E-state index < -0.39 is 6.10 Å². The number of unbranched alkanes of at least 4 members (excludes halogenated alkanes) is 4. The molecule has 0 radical (unpaired) electrons. The molecule has 0 aliphatic heterocycles. The van der Waals surface area contributed by atoms with Crippen LogP contribution in [0.25, 0.3) is 0 Å². The summed E-state index contributed by atoms with van der Waals surface area (Å²) in [5.74, 6) is 10.7. The van der Waals surface area contributed by atoms with Gasteiger partial charge in [0.2, 0.25) is 0 Å². The van der Waals surface area contributed by atoms with Crippen molar-refractivity contribution < 1.29 is 10.2 Å². The van der Waals surface area contributed by atoms with E-state index in [2.05, 4.69) is 30.6 Å². The van der Waals surface area contributed by atoms with Gasteiger partial charge in [0.05, 0.1) is 12.7 Å². The highest BCUT2D eigenvalue weighted by Crippen LogP contribution is 2.07. The molecule has 0 aromatic carbocycles. The largest absolute Gasteiger partial charge is 0.392 e. The minimum absolute atomic E-state index is 0.00748. The molecule has 0 aliphatic rings. The van der Waals surface area contributed by atoms with Gasteiger partial charge in [-0.1, -0.05) is 56.9 Å². The van der Waals surface area contributed by atoms with Crippen molar-refractivity contribution >= 4 is 0 Å². The zero-order valence-electron chi connectivity index (χ0n) is 11.7. The minimum atomic E-state index is -0.404. The maximum absolute atomic E-state index is 9.65. The Kier molecular flexibility index (Phi) is 13.4. The number of hydrogen-bond acceptors (Lipinski definition) is 2. The third kappa shape index (κ3) is 14.5. The molecule has 0 aliphatic carbocycles. The number of aliphatic hydroxyl groups excluding tert-OH is 2. The normalized spacial score (nSPS) is 11.9. The first-order valence-corrected chi connectivity index (χ1v) is 6.93. The monoisotopic (exact) mass is 260 g/mol. The van der Waals surface area contributed by atoms with Crippen LogP contribution in [0.4, 0.5) is 0 Å². The van der Waals surface area contributed by atoms with Crippen LogP contribution in [0.15, 0.2) is 24.3 Å². The fraction of sp³-hybridized carbons (Fsp3) is 0.529. The molecule has 0 spiro atoms. The van der Waals surface area contributed by atoms with E-state index in [-0.39, 0.29) is 6.61 Å². The van der Waals surface area contributed by atoms with E-state index in [1.807, 2.05) is 0 Å². The molecule has 0 saturated carbocycles. The van der Waals surface area contributed by atoms with Crippen molar-refractivity contribution in [3.8, 4) is 23.7 Å². The summed E-state index contributed by atoms with van der Waals surface area (Å²) < 4.78 is 0. The molecule has 0 aromatic rings. The van der Waals surface area contributed by atoms with Crippen LogP contribution in [0.2, 0.25) is 0 Å². The maximum atomic E-state index is 9.65. The summed E-state index contributed by atoms with van der Waals surface area (Å²) in [6, 6.07) is 0. The van der Waals surface area contributed by atoms with Crippen LogP contribution >= 0.6 is 0 Å². The Balaban J connectivity index is 3.71. The van der Waals surface area contributed by atoms with Gasteiger partial charge < -0.3 is 10.2 Å². The minimum Gasteiger partial charge on any atom is -0.392 e. The lowest BCUT2D eigenvalue weighted by Gasteiger charge is -2.03. The molecule has 2 N–H and O–H groups in total. The van der Waals surface area contributed by atoms with Crippen LogP contribution in [0, 0.1) is 23.7 Å². The van der Waals surface area contributed by atoms with E-state index in [1.54, 1.807) is 24.3 Å². The van der Waals surface area contributed by atoms with Gasteiger partial charge in [-0.05, 0) is 36.5 Å². The van der Waals surface area contributed by atoms with Gasteiger partial charge in [0, 0.05) is 0 Å². The molecular weight excluding hydrogens is 236 g/mol. The Morgan fingerprint density at radius 1 is 1.00 bits per heavy atom. The fourth-order valence-corrected chi connectivity index (χ4v) is 1.48. The molecule has 0 bridgehead atoms. The van der Waals surface area contributed by atoms with Gasteiger partial charge in [0.15, 0.2) is 0 Å². The summed E-state index contributed by atoms with van der Waals surface area (Å²) in [7, 11) is 0. The molecule has 0 heterocycles. The van der Waals surface area contributed by atoms with Gasteiger partial charge in [-0.3, -0.25) is 0 Å². The second-order valence-corrected chi connectivity index (χ2v) is 4.25. The quantitative estimate of drug-likeness (QED) is 0.520. The van der Waals surface area contributed by atoms with Gasteiger partial charge in [-0.2, -0.15) is 0 Å². The Hall–Kier alpha value is -1.48. The SMILES string of the molecule is CCCCCCC[C@@H](O)/C=C\C#CC#C/C=C\CO. The van der Waals surface area contributed by atoms with Gasteiger partial charge in [0.1, 0.15) is 0 Å². The zero-order valence-corrected chi connectivity index (χ0v) is 11.7. The third-order valence-electron chi connectivity index (χ3n) is 2.52. The van der Waals surface area contributed by atoms with E-state index in [1.165, 1.54) is 25.7 Å². The van der Waals surface area contributed by atoms with E-state index in [0.29, 0.717) is 0 Å². The van der Waals surface area contributed by atoms with Crippen molar-refractivity contribution in [3.63, 3.8) is 0 Å². The van der Waals surface area contributed by atoms with Crippen molar-refractivity contribution in [3.05, 3.63) is 24.3 Å². The molecule has 2 nitrogen and oxygen atoms in total. The Morgan fingerprint density at radius 2 is 1.68 bits per heavy atom. The molecule has 1 atom stereocenters. The zero-order chi connectivity index (χ0) is 14.2. The molecule has 0 saturated heterocycles. The highest BCUT2D eigenvalue weighted by Gasteiger charge is 1.97. The van der Waals surface area contributed by atoms with Crippen molar-refractivity contribution in [2.24, 2.45) is 0 Å². The molecule has 19 heavy (non-hydrogen) atoms. The third-order valence-corrected chi connectivity index (χ3v) is 2.52. The number of aliphatic hydroxyl groups is 2. The first-order chi connectivity index (χ1) is 9.31. The summed E-state index contributed by atoms with van der Waals surface area (Å²) >= 11 is 0. The lowest BCUT2D eigenvalue weighted by Crippen LogP contribution is -2.01. The molecule has 0 unspecified atom stereocenters. The van der Waals surface area contributed by atoms with E-state index >= 15 is 0 Å². The average Bonchev–Trinajstić information content (AvgIpc) is 2.41. The Labute approximate surface area is 117 Å². The van der Waals surface area contributed by atoms with Crippen LogP contribution in [0.3, 0.4) is 0 Å². The van der Waals surface area contributed by atoms with Gasteiger partial charge in [-0.25, -0.2) is 0 Å². The average molecular weight is 260 g/mol. The second-order valence-electron chi connectivity index (χ2n) is 4.25. The number of rotatable bonds is 8. The predicted octanol–water partition coefficient (Wildman–Crippen LogP) is 2.82. The smallest absolute Gasteiger partial charge is 0.0730 e. The molecule has 0 fully saturated rings. The van der Waals surface area contributed by atoms with Crippen LogP contribution in [-0.2, 0) is 0 Å². The van der Waals surface area contributed by atoms with E-state index in [0.717, 1.165) is 12.8 Å². The Morgan fingerprint density at radius 3 is 2.37 bits per heavy atom. The lowest BCUT2D eigenvalue weighted by atomic mass is 10.1. The standard InChI is InChI=1S/C17H24O2/c1-2-3-4-8-11-14-17(19)15-12-9-6-5-7-10-13-16-18/h10,12-13,15,17-19H,2-4,8,11,14,16H2,1H3/b13-10-,15-12-/t17-/m1/s1. The maximum Gasteiger partial charge on any atom is 0.0730 e. The summed E-state index contributed by atoms with van der Waals surface area (Å²) in [6.07, 6.45) is 12.9. The topological polar surface area (TPSA) is 40.5 Å². The fourth-order valence-electron chi connectivity index (χ4n) is 1.48. The van der Waals surface area contributed by atoms with Gasteiger partial charge in [-0.15, -0.1) is 0 Å². The highest BCUT2D eigenvalue weighted by molar-refractivity contribution is 5.34. The van der Waals surface area contributed by atoms with Crippen LogP contribution in [-0.4, -0.2) is 22.9 Å². The number of allylic oxidation sites excluding steroid dienone is 2. The molecule has 0 rings (SSSR count). The highest BCUT2D eigenvalue weighted by atomic mass is 16.3. The lowest BCUT2D eigenvalue weighted by molar-refractivity contribution is 0.208. The van der Waals surface area contributed by atoms with E-state index in [4.69, 9.17) is 5.11 Å². The number of hydrogen-bond donors (Lipinski definition) is 2. The summed E-state index contributed by atoms with van der Waals surface area (Å²) in [5.41, 5.74) is 0. The van der Waals surface area contributed by atoms with Crippen molar-refractivity contribution in [1.29, 1.82) is 0 Å². The van der Waals surface area contributed by atoms with Crippen molar-refractivity contribution in [2.75, 3.05) is 6.61 Å². The molecule has 0 aromatic heterocycles.